The lowest BCUT2D eigenvalue weighted by molar-refractivity contribution is -0.144. The highest BCUT2D eigenvalue weighted by molar-refractivity contribution is 6.05. The van der Waals surface area contributed by atoms with Crippen LogP contribution in [-0.2, 0) is 25.7 Å². The molecule has 1 spiro atoms. The number of aliphatic hydroxyl groups is 1. The Kier molecular flexibility index (Phi) is 9.61. The number of carbonyl (C=O) groups is 3. The van der Waals surface area contributed by atoms with E-state index in [-0.39, 0.29) is 24.3 Å². The van der Waals surface area contributed by atoms with Crippen LogP contribution in [0.3, 0.4) is 0 Å². The third kappa shape index (κ3) is 5.75. The summed E-state index contributed by atoms with van der Waals surface area (Å²) in [6.07, 6.45) is 10.2. The van der Waals surface area contributed by atoms with Crippen molar-refractivity contribution in [1.82, 2.24) is 9.80 Å². The summed E-state index contributed by atoms with van der Waals surface area (Å²) in [7, 11) is 0. The van der Waals surface area contributed by atoms with Gasteiger partial charge in [0.15, 0.2) is 0 Å². The molecule has 2 saturated heterocycles. The summed E-state index contributed by atoms with van der Waals surface area (Å²) in [5.74, 6) is -2.04. The highest BCUT2D eigenvalue weighted by Crippen LogP contribution is 2.53. The number of amides is 3. The average Bonchev–Trinajstić information content (AvgIpc) is 3.39. The third-order valence-corrected chi connectivity index (χ3v) is 10.1. The van der Waals surface area contributed by atoms with Crippen molar-refractivity contribution in [2.45, 2.75) is 63.8 Å². The number of unbranched alkanes of at least 4 members (excludes halogenated alkanes) is 3. The third-order valence-electron chi connectivity index (χ3n) is 10.1. The average molecular weight is 627 g/mol. The van der Waals surface area contributed by atoms with Crippen molar-refractivity contribution in [2.24, 2.45) is 11.8 Å². The van der Waals surface area contributed by atoms with Gasteiger partial charge in [0.1, 0.15) is 11.6 Å². The molecule has 244 valence electrons. The first-order chi connectivity index (χ1) is 22.4. The summed E-state index contributed by atoms with van der Waals surface area (Å²) in [5.41, 5.74) is 1.62. The molecule has 4 aliphatic rings. The van der Waals surface area contributed by atoms with Crippen LogP contribution in [0.1, 0.15) is 45.1 Å². The minimum Gasteiger partial charge on any atom is -0.396 e. The van der Waals surface area contributed by atoms with E-state index in [2.05, 4.69) is 18.7 Å². The Hall–Kier alpha value is -3.95. The van der Waals surface area contributed by atoms with E-state index in [9.17, 15) is 19.5 Å². The van der Waals surface area contributed by atoms with Gasteiger partial charge in [0.2, 0.25) is 11.8 Å². The van der Waals surface area contributed by atoms with Crippen LogP contribution < -0.4 is 9.80 Å². The summed E-state index contributed by atoms with van der Waals surface area (Å²) in [6.45, 7) is 7.74. The second kappa shape index (κ2) is 13.8. The van der Waals surface area contributed by atoms with Gasteiger partial charge < -0.3 is 29.4 Å². The molecule has 3 amide bonds. The molecule has 2 aromatic rings. The molecule has 0 saturated carbocycles. The van der Waals surface area contributed by atoms with Crippen LogP contribution in [0.15, 0.2) is 78.9 Å². The topological polar surface area (TPSA) is 93.6 Å². The maximum Gasteiger partial charge on any atom is 0.253 e. The highest BCUT2D eigenvalue weighted by Gasteiger charge is 2.71. The lowest BCUT2D eigenvalue weighted by atomic mass is 9.77. The Morgan fingerprint density at radius 2 is 1.61 bits per heavy atom. The van der Waals surface area contributed by atoms with E-state index in [0.717, 1.165) is 42.9 Å². The van der Waals surface area contributed by atoms with Gasteiger partial charge in [0.05, 0.1) is 17.9 Å². The van der Waals surface area contributed by atoms with Gasteiger partial charge in [-0.1, -0.05) is 67.5 Å². The Balaban J connectivity index is 1.34. The summed E-state index contributed by atoms with van der Waals surface area (Å²) >= 11 is 0. The largest absolute Gasteiger partial charge is 0.396 e. The number of hydrogen-bond donors (Lipinski definition) is 1. The molecule has 2 aromatic carbocycles. The Morgan fingerprint density at radius 3 is 2.33 bits per heavy atom. The number of hydrogen-bond acceptors (Lipinski definition) is 6. The van der Waals surface area contributed by atoms with Gasteiger partial charge in [0, 0.05) is 57.3 Å². The molecule has 46 heavy (non-hydrogen) atoms. The van der Waals surface area contributed by atoms with Crippen molar-refractivity contribution in [3.63, 3.8) is 0 Å². The van der Waals surface area contributed by atoms with E-state index in [1.165, 1.54) is 0 Å². The Bertz CT molecular complexity index is 1460. The first kappa shape index (κ1) is 32.0. The van der Waals surface area contributed by atoms with Gasteiger partial charge in [-0.15, -0.1) is 0 Å². The van der Waals surface area contributed by atoms with E-state index in [0.29, 0.717) is 39.0 Å². The fourth-order valence-corrected chi connectivity index (χ4v) is 7.79. The summed E-state index contributed by atoms with van der Waals surface area (Å²) < 4.78 is 6.82. The van der Waals surface area contributed by atoms with Crippen LogP contribution in [0.2, 0.25) is 0 Å². The molecule has 0 aromatic heterocycles. The van der Waals surface area contributed by atoms with Crippen LogP contribution >= 0.6 is 0 Å². The minimum absolute atomic E-state index is 0.119. The standard InChI is InChI=1S/C37H46N4O5/c1-3-38(4-2)28-17-19-29(20-18-28)40-24-13-21-37-32(35(44)41(33(37)36(40)45)23-10-5-6-11-25-42)31-30(46-37)16-12-22-39(34(31)43)26-27-14-8-7-9-15-27/h7-9,12-21,30-33,42H,3-6,10-11,22-26H2,1-2H3/t30-,31+,32+,33?,37+/m1/s1. The number of nitrogens with zero attached hydrogens (tertiary/aromatic N) is 4. The van der Waals surface area contributed by atoms with Crippen LogP contribution in [0.4, 0.5) is 11.4 Å². The molecule has 4 heterocycles. The fraction of sp³-hybridized carbons (Fsp3) is 0.486. The quantitative estimate of drug-likeness (QED) is 0.281. The number of likely N-dealkylation sites (tertiary alicyclic amines) is 1. The second-order valence-corrected chi connectivity index (χ2v) is 12.7. The van der Waals surface area contributed by atoms with Gasteiger partial charge >= 0.3 is 0 Å². The zero-order valence-electron chi connectivity index (χ0n) is 27.0. The molecule has 0 radical (unpaired) electrons. The maximum absolute atomic E-state index is 14.7. The zero-order valence-corrected chi connectivity index (χ0v) is 27.0. The molecule has 1 N–H and O–H groups in total. The fourth-order valence-electron chi connectivity index (χ4n) is 7.79. The van der Waals surface area contributed by atoms with E-state index in [1.807, 2.05) is 78.9 Å². The number of rotatable bonds is 12. The van der Waals surface area contributed by atoms with Crippen LogP contribution in [0, 0.1) is 11.8 Å². The smallest absolute Gasteiger partial charge is 0.253 e. The molecular weight excluding hydrogens is 580 g/mol. The summed E-state index contributed by atoms with van der Waals surface area (Å²) in [4.78, 5) is 51.0. The van der Waals surface area contributed by atoms with E-state index in [1.54, 1.807) is 14.7 Å². The Morgan fingerprint density at radius 1 is 0.870 bits per heavy atom. The van der Waals surface area contributed by atoms with Crippen molar-refractivity contribution in [3.05, 3.63) is 84.5 Å². The highest BCUT2D eigenvalue weighted by atomic mass is 16.5. The predicted molar refractivity (Wildman–Crippen MR) is 178 cm³/mol. The SMILES string of the molecule is CCN(CC)c1ccc(N2CC=C[C@]34O[C@@H]5C=CCN(Cc6ccccc6)C(=O)[C@@H]5[C@H]3C(=O)N(CCCCCCO)C4C2=O)cc1. The molecular formula is C37H46N4O5. The van der Waals surface area contributed by atoms with E-state index in [4.69, 9.17) is 4.74 Å². The molecule has 9 heteroatoms. The van der Waals surface area contributed by atoms with Gasteiger partial charge in [-0.25, -0.2) is 0 Å². The van der Waals surface area contributed by atoms with Crippen molar-refractivity contribution in [1.29, 1.82) is 0 Å². The minimum atomic E-state index is -1.25. The van der Waals surface area contributed by atoms with Gasteiger partial charge in [0.25, 0.3) is 5.91 Å². The molecule has 4 aliphatic heterocycles. The van der Waals surface area contributed by atoms with Crippen LogP contribution in [0.5, 0.6) is 0 Å². The van der Waals surface area contributed by atoms with Crippen molar-refractivity contribution in [3.8, 4) is 0 Å². The summed E-state index contributed by atoms with van der Waals surface area (Å²) in [6, 6.07) is 17.0. The molecule has 0 bridgehead atoms. The van der Waals surface area contributed by atoms with Gasteiger partial charge in [-0.05, 0) is 56.5 Å². The van der Waals surface area contributed by atoms with Crippen LogP contribution in [0.25, 0.3) is 0 Å². The number of fused-ring (bicyclic) bond motifs is 2. The number of benzene rings is 2. The lowest BCUT2D eigenvalue weighted by Crippen LogP contribution is -2.55. The van der Waals surface area contributed by atoms with Crippen molar-refractivity contribution < 1.29 is 24.2 Å². The monoisotopic (exact) mass is 626 g/mol. The Labute approximate surface area is 272 Å². The predicted octanol–water partition coefficient (Wildman–Crippen LogP) is 4.17. The van der Waals surface area contributed by atoms with Gasteiger partial charge in [-0.3, -0.25) is 14.4 Å². The molecule has 6 rings (SSSR count). The van der Waals surface area contributed by atoms with E-state index < -0.39 is 29.6 Å². The first-order valence-corrected chi connectivity index (χ1v) is 16.9. The van der Waals surface area contributed by atoms with Crippen molar-refractivity contribution >= 4 is 29.1 Å². The first-order valence-electron chi connectivity index (χ1n) is 16.9. The van der Waals surface area contributed by atoms with Crippen LogP contribution in [-0.4, -0.2) is 89.7 Å². The molecule has 2 fully saturated rings. The van der Waals surface area contributed by atoms with Crippen molar-refractivity contribution in [2.75, 3.05) is 49.1 Å². The molecule has 0 aliphatic carbocycles. The van der Waals surface area contributed by atoms with Gasteiger partial charge in [-0.2, -0.15) is 0 Å². The molecule has 1 unspecified atom stereocenters. The summed E-state index contributed by atoms with van der Waals surface area (Å²) in [5, 5.41) is 9.25. The van der Waals surface area contributed by atoms with E-state index >= 15 is 0 Å². The second-order valence-electron chi connectivity index (χ2n) is 12.7. The normalized spacial score (nSPS) is 27.0. The molecule has 9 nitrogen and oxygen atoms in total. The number of ether oxygens (including phenoxy) is 1. The number of carbonyl (C=O) groups excluding carboxylic acids is 3. The lowest BCUT2D eigenvalue weighted by Gasteiger charge is -2.35. The maximum atomic E-state index is 14.7. The zero-order chi connectivity index (χ0) is 32.3. The number of anilines is 2. The number of aliphatic hydroxyl groups excluding tert-OH is 1. The molecule has 5 atom stereocenters.